The minimum Gasteiger partial charge on any atom is -0.325 e. The van der Waals surface area contributed by atoms with Crippen LogP contribution in [0.2, 0.25) is 0 Å². The average Bonchev–Trinajstić information content (AvgIpc) is 2.89. The third-order valence-corrected chi connectivity index (χ3v) is 6.91. The third kappa shape index (κ3) is 3.80. The molecule has 7 heteroatoms. The van der Waals surface area contributed by atoms with Gasteiger partial charge < -0.3 is 5.32 Å². The normalized spacial score (nSPS) is 12.4. The summed E-state index contributed by atoms with van der Waals surface area (Å²) in [6.07, 6.45) is 0. The molecule has 27 heavy (non-hydrogen) atoms. The van der Waals surface area contributed by atoms with Crippen LogP contribution in [0.15, 0.2) is 28.2 Å². The quantitative estimate of drug-likeness (QED) is 0.521. The number of rotatable bonds is 4. The van der Waals surface area contributed by atoms with Gasteiger partial charge in [0.05, 0.1) is 10.6 Å². The van der Waals surface area contributed by atoms with Gasteiger partial charge in [-0.3, -0.25) is 14.2 Å². The number of nitrogens with one attached hydrogen (secondary N) is 1. The van der Waals surface area contributed by atoms with Gasteiger partial charge in [-0.25, -0.2) is 4.98 Å². The molecule has 2 aromatic heterocycles. The second-order valence-corrected chi connectivity index (χ2v) is 9.30. The Morgan fingerprint density at radius 1 is 1.26 bits per heavy atom. The molecule has 0 saturated carbocycles. The number of thiophene rings is 1. The first-order valence-corrected chi connectivity index (χ1v) is 10.4. The van der Waals surface area contributed by atoms with E-state index < -0.39 is 0 Å². The maximum absolute atomic E-state index is 12.7. The van der Waals surface area contributed by atoms with Crippen molar-refractivity contribution in [2.24, 2.45) is 7.05 Å². The smallest absolute Gasteiger partial charge is 0.262 e. The van der Waals surface area contributed by atoms with Crippen molar-refractivity contribution in [3.63, 3.8) is 0 Å². The molecule has 0 fully saturated rings. The summed E-state index contributed by atoms with van der Waals surface area (Å²) in [6, 6.07) is 5.92. The van der Waals surface area contributed by atoms with Gasteiger partial charge in [-0.1, -0.05) is 29.5 Å². The van der Waals surface area contributed by atoms with Crippen LogP contribution in [0.3, 0.4) is 0 Å². The van der Waals surface area contributed by atoms with Crippen LogP contribution in [-0.2, 0) is 11.8 Å². The molecular formula is C20H23N3O2S2. The largest absolute Gasteiger partial charge is 0.325 e. The molecule has 3 rings (SSSR count). The van der Waals surface area contributed by atoms with Crippen LogP contribution in [0.4, 0.5) is 5.69 Å². The molecule has 1 amide bonds. The van der Waals surface area contributed by atoms with E-state index in [2.05, 4.69) is 10.3 Å². The number of hydrogen-bond acceptors (Lipinski definition) is 5. The standard InChI is InChI=1S/C20H23N3O2S2/c1-10-7-8-15(11(2)9-10)21-17(24)14(5)27-20-22-18-16(19(25)23(20)6)12(3)13(4)26-18/h7-9,14H,1-6H3,(H,21,24). The predicted octanol–water partition coefficient (Wildman–Crippen LogP) is 4.35. The van der Waals surface area contributed by atoms with E-state index in [0.29, 0.717) is 10.5 Å². The van der Waals surface area contributed by atoms with Gasteiger partial charge in [0.25, 0.3) is 5.56 Å². The van der Waals surface area contributed by atoms with Gasteiger partial charge in [0.15, 0.2) is 5.16 Å². The lowest BCUT2D eigenvalue weighted by Crippen LogP contribution is -2.25. The van der Waals surface area contributed by atoms with E-state index in [9.17, 15) is 9.59 Å². The number of carbonyl (C=O) groups is 1. The third-order valence-electron chi connectivity index (χ3n) is 4.66. The Labute approximate surface area is 166 Å². The van der Waals surface area contributed by atoms with Crippen molar-refractivity contribution in [2.75, 3.05) is 5.32 Å². The number of amides is 1. The van der Waals surface area contributed by atoms with Crippen LogP contribution < -0.4 is 10.9 Å². The van der Waals surface area contributed by atoms with Gasteiger partial charge in [-0.15, -0.1) is 11.3 Å². The van der Waals surface area contributed by atoms with E-state index in [1.54, 1.807) is 7.05 Å². The number of hydrogen-bond donors (Lipinski definition) is 1. The summed E-state index contributed by atoms with van der Waals surface area (Å²) in [7, 11) is 1.71. The zero-order valence-corrected chi connectivity index (χ0v) is 18.0. The molecule has 0 spiro atoms. The number of carbonyl (C=O) groups excluding carboxylic acids is 1. The van der Waals surface area contributed by atoms with Gasteiger partial charge >= 0.3 is 0 Å². The summed E-state index contributed by atoms with van der Waals surface area (Å²) in [4.78, 5) is 31.8. The molecule has 0 aliphatic rings. The van der Waals surface area contributed by atoms with E-state index in [1.165, 1.54) is 27.7 Å². The maximum Gasteiger partial charge on any atom is 0.262 e. The lowest BCUT2D eigenvalue weighted by atomic mass is 10.1. The SMILES string of the molecule is Cc1ccc(NC(=O)C(C)Sc2nc3sc(C)c(C)c3c(=O)n2C)c(C)c1. The van der Waals surface area contributed by atoms with Gasteiger partial charge in [-0.05, 0) is 51.8 Å². The first-order chi connectivity index (χ1) is 12.7. The molecule has 1 N–H and O–H groups in total. The minimum atomic E-state index is -0.386. The zero-order valence-electron chi connectivity index (χ0n) is 16.3. The van der Waals surface area contributed by atoms with Gasteiger partial charge in [0, 0.05) is 17.6 Å². The molecule has 0 saturated heterocycles. The molecule has 1 unspecified atom stereocenters. The molecule has 2 heterocycles. The van der Waals surface area contributed by atoms with Gasteiger partial charge in [0.2, 0.25) is 5.91 Å². The Kier molecular flexibility index (Phi) is 5.44. The molecule has 1 aromatic carbocycles. The lowest BCUT2D eigenvalue weighted by Gasteiger charge is -2.15. The Morgan fingerprint density at radius 3 is 2.63 bits per heavy atom. The number of aromatic nitrogens is 2. The highest BCUT2D eigenvalue weighted by Crippen LogP contribution is 2.29. The Morgan fingerprint density at radius 2 is 1.96 bits per heavy atom. The molecular weight excluding hydrogens is 378 g/mol. The molecule has 142 valence electrons. The fourth-order valence-corrected chi connectivity index (χ4v) is 4.81. The number of nitrogens with zero attached hydrogens (tertiary/aromatic N) is 2. The van der Waals surface area contributed by atoms with Crippen LogP contribution in [0.1, 0.15) is 28.5 Å². The zero-order chi connectivity index (χ0) is 19.9. The van der Waals surface area contributed by atoms with Crippen LogP contribution in [0.5, 0.6) is 0 Å². The highest BCUT2D eigenvalue weighted by atomic mass is 32.2. The highest BCUT2D eigenvalue weighted by Gasteiger charge is 2.20. The first-order valence-electron chi connectivity index (χ1n) is 8.70. The fraction of sp³-hybridized carbons (Fsp3) is 0.350. The average molecular weight is 402 g/mol. The first kappa shape index (κ1) is 19.6. The number of aryl methyl sites for hydroxylation is 4. The van der Waals surface area contributed by atoms with Crippen molar-refractivity contribution in [3.8, 4) is 0 Å². The minimum absolute atomic E-state index is 0.0636. The maximum atomic E-state index is 12.7. The predicted molar refractivity (Wildman–Crippen MR) is 114 cm³/mol. The van der Waals surface area contributed by atoms with Crippen molar-refractivity contribution >= 4 is 44.9 Å². The second kappa shape index (κ2) is 7.48. The number of anilines is 1. The Bertz CT molecular complexity index is 1100. The number of fused-ring (bicyclic) bond motifs is 1. The van der Waals surface area contributed by atoms with Crippen LogP contribution in [0, 0.1) is 27.7 Å². The molecule has 0 aliphatic heterocycles. The summed E-state index contributed by atoms with van der Waals surface area (Å²) in [5.41, 5.74) is 3.91. The summed E-state index contributed by atoms with van der Waals surface area (Å²) in [5, 5.41) is 3.81. The van der Waals surface area contributed by atoms with Crippen LogP contribution in [-0.4, -0.2) is 20.7 Å². The van der Waals surface area contributed by atoms with Crippen LogP contribution >= 0.6 is 23.1 Å². The molecule has 0 aliphatic carbocycles. The number of thioether (sulfide) groups is 1. The summed E-state index contributed by atoms with van der Waals surface area (Å²) >= 11 is 2.82. The van der Waals surface area contributed by atoms with Crippen molar-refractivity contribution in [2.45, 2.75) is 45.0 Å². The van der Waals surface area contributed by atoms with Crippen molar-refractivity contribution in [1.29, 1.82) is 0 Å². The van der Waals surface area contributed by atoms with Gasteiger partial charge in [-0.2, -0.15) is 0 Å². The topological polar surface area (TPSA) is 64.0 Å². The summed E-state index contributed by atoms with van der Waals surface area (Å²) in [5.74, 6) is -0.111. The van der Waals surface area contributed by atoms with E-state index in [0.717, 1.165) is 32.1 Å². The van der Waals surface area contributed by atoms with Crippen molar-refractivity contribution < 1.29 is 4.79 Å². The van der Waals surface area contributed by atoms with Gasteiger partial charge in [0.1, 0.15) is 4.83 Å². The van der Waals surface area contributed by atoms with E-state index in [-0.39, 0.29) is 16.7 Å². The summed E-state index contributed by atoms with van der Waals surface area (Å²) < 4.78 is 1.53. The van der Waals surface area contributed by atoms with E-state index in [4.69, 9.17) is 0 Å². The second-order valence-electron chi connectivity index (χ2n) is 6.79. The van der Waals surface area contributed by atoms with Crippen LogP contribution in [0.25, 0.3) is 10.2 Å². The summed E-state index contributed by atoms with van der Waals surface area (Å²) in [6.45, 7) is 9.76. The molecule has 1 atom stereocenters. The number of benzene rings is 1. The van der Waals surface area contributed by atoms with E-state index in [1.807, 2.05) is 52.8 Å². The lowest BCUT2D eigenvalue weighted by molar-refractivity contribution is -0.115. The van der Waals surface area contributed by atoms with Crippen molar-refractivity contribution in [1.82, 2.24) is 9.55 Å². The molecule has 0 bridgehead atoms. The van der Waals surface area contributed by atoms with Crippen molar-refractivity contribution in [3.05, 3.63) is 50.1 Å². The molecule has 5 nitrogen and oxygen atoms in total. The molecule has 3 aromatic rings. The van der Waals surface area contributed by atoms with E-state index >= 15 is 0 Å². The monoisotopic (exact) mass is 401 g/mol. The Balaban J connectivity index is 1.85. The fourth-order valence-electron chi connectivity index (χ4n) is 2.86. The molecule has 0 radical (unpaired) electrons. The highest BCUT2D eigenvalue weighted by molar-refractivity contribution is 8.00. The Hall–Kier alpha value is -2.12.